The Morgan fingerprint density at radius 2 is 2.00 bits per heavy atom. The topological polar surface area (TPSA) is 37.3 Å². The standard InChI is InChI=1S/C12H12O2S/c13-12(14)9-5-2-6-10-15-11-7-3-1-4-8-11/h1-9H,10H2,(H,13,14). The SMILES string of the molecule is O=C(O)C=CC=CCSc1ccccc1. The first-order valence-corrected chi connectivity index (χ1v) is 5.51. The van der Waals surface area contributed by atoms with Gasteiger partial charge in [0.1, 0.15) is 0 Å². The van der Waals surface area contributed by atoms with Crippen LogP contribution in [0.15, 0.2) is 59.5 Å². The molecule has 0 aliphatic carbocycles. The molecule has 0 unspecified atom stereocenters. The summed E-state index contributed by atoms with van der Waals surface area (Å²) in [6.45, 7) is 0. The van der Waals surface area contributed by atoms with Crippen molar-refractivity contribution in [1.82, 2.24) is 0 Å². The molecule has 0 fully saturated rings. The molecule has 0 amide bonds. The summed E-state index contributed by atoms with van der Waals surface area (Å²) >= 11 is 1.71. The molecule has 0 aromatic heterocycles. The minimum absolute atomic E-state index is 0.841. The van der Waals surface area contributed by atoms with E-state index in [0.717, 1.165) is 11.8 Å². The van der Waals surface area contributed by atoms with Crippen LogP contribution in [0.25, 0.3) is 0 Å². The highest BCUT2D eigenvalue weighted by atomic mass is 32.2. The molecular formula is C12H12O2S. The number of aliphatic carboxylic acids is 1. The lowest BCUT2D eigenvalue weighted by molar-refractivity contribution is -0.131. The van der Waals surface area contributed by atoms with Crippen molar-refractivity contribution in [3.63, 3.8) is 0 Å². The van der Waals surface area contributed by atoms with Gasteiger partial charge in [-0.2, -0.15) is 0 Å². The van der Waals surface area contributed by atoms with Crippen LogP contribution < -0.4 is 0 Å². The molecule has 78 valence electrons. The van der Waals surface area contributed by atoms with Crippen molar-refractivity contribution in [1.29, 1.82) is 0 Å². The fraction of sp³-hybridized carbons (Fsp3) is 0.0833. The Hall–Kier alpha value is -1.48. The quantitative estimate of drug-likeness (QED) is 0.471. The molecule has 1 rings (SSSR count). The number of hydrogen-bond donors (Lipinski definition) is 1. The van der Waals surface area contributed by atoms with E-state index in [2.05, 4.69) is 0 Å². The molecule has 1 N–H and O–H groups in total. The van der Waals surface area contributed by atoms with E-state index in [1.807, 2.05) is 36.4 Å². The number of rotatable bonds is 5. The molecule has 1 aromatic rings. The zero-order valence-electron chi connectivity index (χ0n) is 8.17. The summed E-state index contributed by atoms with van der Waals surface area (Å²) in [7, 11) is 0. The van der Waals surface area contributed by atoms with E-state index in [-0.39, 0.29) is 0 Å². The largest absolute Gasteiger partial charge is 0.478 e. The van der Waals surface area contributed by atoms with Crippen LogP contribution in [-0.4, -0.2) is 16.8 Å². The Labute approximate surface area is 93.3 Å². The molecule has 0 heterocycles. The average molecular weight is 220 g/mol. The molecule has 2 nitrogen and oxygen atoms in total. The monoisotopic (exact) mass is 220 g/mol. The maximum atomic E-state index is 10.1. The summed E-state index contributed by atoms with van der Waals surface area (Å²) < 4.78 is 0. The maximum absolute atomic E-state index is 10.1. The van der Waals surface area contributed by atoms with E-state index in [1.165, 1.54) is 11.0 Å². The van der Waals surface area contributed by atoms with Gasteiger partial charge in [-0.15, -0.1) is 11.8 Å². The highest BCUT2D eigenvalue weighted by Gasteiger charge is 1.87. The third kappa shape index (κ3) is 5.75. The second kappa shape index (κ2) is 6.90. The minimum Gasteiger partial charge on any atom is -0.478 e. The van der Waals surface area contributed by atoms with Crippen LogP contribution in [0, 0.1) is 0 Å². The second-order valence-corrected chi connectivity index (χ2v) is 3.84. The van der Waals surface area contributed by atoms with Gasteiger partial charge in [0.05, 0.1) is 0 Å². The Balaban J connectivity index is 2.25. The number of carboxylic acid groups (broad SMARTS) is 1. The van der Waals surface area contributed by atoms with E-state index in [1.54, 1.807) is 17.8 Å². The molecule has 0 bridgehead atoms. The Kier molecular flexibility index (Phi) is 5.33. The number of benzene rings is 1. The van der Waals surface area contributed by atoms with Crippen molar-refractivity contribution in [2.45, 2.75) is 4.90 Å². The number of hydrogen-bond acceptors (Lipinski definition) is 2. The molecule has 0 aliphatic rings. The van der Waals surface area contributed by atoms with Gasteiger partial charge >= 0.3 is 5.97 Å². The molecule has 0 saturated carbocycles. The van der Waals surface area contributed by atoms with Crippen LogP contribution >= 0.6 is 11.8 Å². The average Bonchev–Trinajstić information content (AvgIpc) is 2.24. The van der Waals surface area contributed by atoms with Crippen LogP contribution in [0.2, 0.25) is 0 Å². The summed E-state index contributed by atoms with van der Waals surface area (Å²) in [5.41, 5.74) is 0. The summed E-state index contributed by atoms with van der Waals surface area (Å²) in [5.74, 6) is -0.0797. The van der Waals surface area contributed by atoms with Gasteiger partial charge in [0.25, 0.3) is 0 Å². The number of carbonyl (C=O) groups is 1. The van der Waals surface area contributed by atoms with Crippen molar-refractivity contribution in [2.75, 3.05) is 5.75 Å². The predicted molar refractivity (Wildman–Crippen MR) is 63.1 cm³/mol. The van der Waals surface area contributed by atoms with E-state index in [9.17, 15) is 4.79 Å². The first-order chi connectivity index (χ1) is 7.29. The lowest BCUT2D eigenvalue weighted by Gasteiger charge is -1.95. The molecule has 0 atom stereocenters. The molecular weight excluding hydrogens is 208 g/mol. The summed E-state index contributed by atoms with van der Waals surface area (Å²) in [5, 5.41) is 8.32. The number of allylic oxidation sites excluding steroid dienone is 2. The van der Waals surface area contributed by atoms with Crippen LogP contribution in [0.5, 0.6) is 0 Å². The summed E-state index contributed by atoms with van der Waals surface area (Å²) in [6.07, 6.45) is 6.30. The summed E-state index contributed by atoms with van der Waals surface area (Å²) in [4.78, 5) is 11.3. The molecule has 15 heavy (non-hydrogen) atoms. The second-order valence-electron chi connectivity index (χ2n) is 2.75. The Bertz CT molecular complexity index is 355. The minimum atomic E-state index is -0.921. The fourth-order valence-electron chi connectivity index (χ4n) is 0.933. The number of thioether (sulfide) groups is 1. The van der Waals surface area contributed by atoms with Gasteiger partial charge in [-0.25, -0.2) is 4.79 Å². The first kappa shape index (κ1) is 11.6. The first-order valence-electron chi connectivity index (χ1n) is 4.53. The van der Waals surface area contributed by atoms with Crippen molar-refractivity contribution >= 4 is 17.7 Å². The fourth-order valence-corrected chi connectivity index (χ4v) is 1.68. The predicted octanol–water partition coefficient (Wildman–Crippen LogP) is 2.98. The van der Waals surface area contributed by atoms with Gasteiger partial charge in [0, 0.05) is 16.7 Å². The van der Waals surface area contributed by atoms with E-state index in [0.29, 0.717) is 0 Å². The molecule has 0 saturated heterocycles. The lowest BCUT2D eigenvalue weighted by atomic mass is 10.4. The maximum Gasteiger partial charge on any atom is 0.328 e. The molecule has 0 aliphatic heterocycles. The Morgan fingerprint density at radius 3 is 2.67 bits per heavy atom. The van der Waals surface area contributed by atoms with Gasteiger partial charge in [-0.05, 0) is 12.1 Å². The lowest BCUT2D eigenvalue weighted by Crippen LogP contribution is -1.84. The van der Waals surface area contributed by atoms with Crippen molar-refractivity contribution in [3.8, 4) is 0 Å². The van der Waals surface area contributed by atoms with E-state index >= 15 is 0 Å². The molecule has 0 spiro atoms. The van der Waals surface area contributed by atoms with E-state index in [4.69, 9.17) is 5.11 Å². The van der Waals surface area contributed by atoms with Gasteiger partial charge in [-0.3, -0.25) is 0 Å². The number of carboxylic acids is 1. The smallest absolute Gasteiger partial charge is 0.328 e. The van der Waals surface area contributed by atoms with Crippen molar-refractivity contribution in [2.24, 2.45) is 0 Å². The van der Waals surface area contributed by atoms with Gasteiger partial charge in [0.15, 0.2) is 0 Å². The van der Waals surface area contributed by atoms with Crippen LogP contribution in [-0.2, 0) is 4.79 Å². The van der Waals surface area contributed by atoms with Gasteiger partial charge < -0.3 is 5.11 Å². The highest BCUT2D eigenvalue weighted by Crippen LogP contribution is 2.16. The highest BCUT2D eigenvalue weighted by molar-refractivity contribution is 7.99. The van der Waals surface area contributed by atoms with Crippen LogP contribution in [0.4, 0.5) is 0 Å². The third-order valence-electron chi connectivity index (χ3n) is 1.58. The van der Waals surface area contributed by atoms with E-state index < -0.39 is 5.97 Å². The van der Waals surface area contributed by atoms with Crippen LogP contribution in [0.1, 0.15) is 0 Å². The van der Waals surface area contributed by atoms with Crippen molar-refractivity contribution in [3.05, 3.63) is 54.6 Å². The normalized spacial score (nSPS) is 11.2. The zero-order valence-corrected chi connectivity index (χ0v) is 8.98. The molecule has 3 heteroatoms. The zero-order chi connectivity index (χ0) is 10.9. The summed E-state index contributed by atoms with van der Waals surface area (Å²) in [6, 6.07) is 10.1. The molecule has 1 aromatic carbocycles. The van der Waals surface area contributed by atoms with Crippen LogP contribution in [0.3, 0.4) is 0 Å². The molecule has 0 radical (unpaired) electrons. The third-order valence-corrected chi connectivity index (χ3v) is 2.54. The van der Waals surface area contributed by atoms with Crippen molar-refractivity contribution < 1.29 is 9.90 Å². The Morgan fingerprint density at radius 1 is 1.27 bits per heavy atom. The van der Waals surface area contributed by atoms with Gasteiger partial charge in [-0.1, -0.05) is 36.4 Å². The van der Waals surface area contributed by atoms with Gasteiger partial charge in [0.2, 0.25) is 0 Å².